The van der Waals surface area contributed by atoms with Crippen LogP contribution < -0.4 is 5.73 Å². The van der Waals surface area contributed by atoms with Gasteiger partial charge < -0.3 is 5.73 Å². The van der Waals surface area contributed by atoms with E-state index in [2.05, 4.69) is 37.7 Å². The first-order valence-corrected chi connectivity index (χ1v) is 5.91. The van der Waals surface area contributed by atoms with Gasteiger partial charge in [-0.2, -0.15) is 11.3 Å². The van der Waals surface area contributed by atoms with Crippen molar-refractivity contribution in [1.82, 2.24) is 4.98 Å². The largest absolute Gasteiger partial charge is 0.326 e. The van der Waals surface area contributed by atoms with Crippen LogP contribution in [0.4, 0.5) is 0 Å². The van der Waals surface area contributed by atoms with Crippen molar-refractivity contribution < 1.29 is 0 Å². The zero-order valence-electron chi connectivity index (χ0n) is 7.40. The summed E-state index contributed by atoms with van der Waals surface area (Å²) >= 11 is 5.17. The van der Waals surface area contributed by atoms with E-state index in [9.17, 15) is 0 Å². The summed E-state index contributed by atoms with van der Waals surface area (Å²) in [6, 6.07) is 2.07. The van der Waals surface area contributed by atoms with Crippen LogP contribution in [-0.2, 0) is 6.54 Å². The second kappa shape index (κ2) is 4.21. The van der Waals surface area contributed by atoms with Crippen LogP contribution in [0.5, 0.6) is 0 Å². The molecule has 0 atom stereocenters. The predicted molar refractivity (Wildman–Crippen MR) is 63.1 cm³/mol. The van der Waals surface area contributed by atoms with Gasteiger partial charge in [0.15, 0.2) is 0 Å². The van der Waals surface area contributed by atoms with Crippen LogP contribution in [0.15, 0.2) is 33.7 Å². The average Bonchev–Trinajstić information content (AvgIpc) is 2.65. The molecule has 2 heterocycles. The van der Waals surface area contributed by atoms with Gasteiger partial charge in [0.1, 0.15) is 0 Å². The van der Waals surface area contributed by atoms with E-state index in [1.807, 2.05) is 6.20 Å². The summed E-state index contributed by atoms with van der Waals surface area (Å²) in [5.41, 5.74) is 8.91. The minimum Gasteiger partial charge on any atom is -0.326 e. The molecule has 2 rings (SSSR count). The van der Waals surface area contributed by atoms with E-state index in [1.165, 1.54) is 5.56 Å². The minimum atomic E-state index is 0.530. The Balaban J connectivity index is 2.47. The molecule has 2 aromatic rings. The third-order valence-electron chi connectivity index (χ3n) is 1.96. The van der Waals surface area contributed by atoms with E-state index >= 15 is 0 Å². The highest BCUT2D eigenvalue weighted by Gasteiger charge is 2.04. The maximum absolute atomic E-state index is 5.56. The Kier molecular flexibility index (Phi) is 2.96. The average molecular weight is 269 g/mol. The molecule has 0 amide bonds. The lowest BCUT2D eigenvalue weighted by atomic mass is 10.1. The van der Waals surface area contributed by atoms with E-state index in [0.717, 1.165) is 15.6 Å². The molecule has 0 radical (unpaired) electrons. The number of rotatable bonds is 2. The lowest BCUT2D eigenvalue weighted by molar-refractivity contribution is 1.05. The van der Waals surface area contributed by atoms with Crippen LogP contribution in [0.1, 0.15) is 5.56 Å². The summed E-state index contributed by atoms with van der Waals surface area (Å²) in [5, 5.41) is 4.16. The minimum absolute atomic E-state index is 0.530. The van der Waals surface area contributed by atoms with E-state index in [-0.39, 0.29) is 0 Å². The molecule has 0 saturated heterocycles. The molecular formula is C10H9BrN2S. The fourth-order valence-corrected chi connectivity index (χ4v) is 2.77. The van der Waals surface area contributed by atoms with Crippen molar-refractivity contribution in [3.8, 4) is 11.1 Å². The van der Waals surface area contributed by atoms with E-state index < -0.39 is 0 Å². The molecule has 4 heteroatoms. The van der Waals surface area contributed by atoms with Crippen LogP contribution in [0.2, 0.25) is 0 Å². The summed E-state index contributed by atoms with van der Waals surface area (Å²) in [7, 11) is 0. The highest BCUT2D eigenvalue weighted by molar-refractivity contribution is 9.10. The molecule has 0 fully saturated rings. The first kappa shape index (κ1) is 9.83. The van der Waals surface area contributed by atoms with Gasteiger partial charge in [0.05, 0.1) is 0 Å². The summed E-state index contributed by atoms with van der Waals surface area (Å²) in [6.45, 7) is 0.530. The molecule has 0 aromatic carbocycles. The van der Waals surface area contributed by atoms with Crippen molar-refractivity contribution in [2.45, 2.75) is 6.54 Å². The van der Waals surface area contributed by atoms with Crippen molar-refractivity contribution >= 4 is 27.3 Å². The molecule has 0 spiro atoms. The highest BCUT2D eigenvalue weighted by Crippen LogP contribution is 2.31. The first-order chi connectivity index (χ1) is 6.81. The monoisotopic (exact) mass is 268 g/mol. The van der Waals surface area contributed by atoms with Gasteiger partial charge in [-0.3, -0.25) is 4.98 Å². The molecule has 0 saturated carbocycles. The van der Waals surface area contributed by atoms with Crippen molar-refractivity contribution in [1.29, 1.82) is 0 Å². The Labute approximate surface area is 94.9 Å². The number of hydrogen-bond acceptors (Lipinski definition) is 3. The Hall–Kier alpha value is -0.710. The van der Waals surface area contributed by atoms with Gasteiger partial charge in [-0.15, -0.1) is 0 Å². The van der Waals surface area contributed by atoms with Crippen molar-refractivity contribution in [3.63, 3.8) is 0 Å². The van der Waals surface area contributed by atoms with Crippen LogP contribution in [-0.4, -0.2) is 4.98 Å². The Bertz CT molecular complexity index is 439. The van der Waals surface area contributed by atoms with Gasteiger partial charge in [0.2, 0.25) is 0 Å². The maximum Gasteiger partial charge on any atom is 0.0361 e. The summed E-state index contributed by atoms with van der Waals surface area (Å²) in [5.74, 6) is 0. The second-order valence-corrected chi connectivity index (χ2v) is 4.52. The number of thiophene rings is 1. The second-order valence-electron chi connectivity index (χ2n) is 2.92. The van der Waals surface area contributed by atoms with E-state index in [0.29, 0.717) is 6.54 Å². The lowest BCUT2D eigenvalue weighted by Crippen LogP contribution is -1.96. The van der Waals surface area contributed by atoms with Crippen LogP contribution >= 0.6 is 27.3 Å². The van der Waals surface area contributed by atoms with Crippen LogP contribution in [0, 0.1) is 0 Å². The number of halogens is 1. The highest BCUT2D eigenvalue weighted by atomic mass is 79.9. The van der Waals surface area contributed by atoms with Gasteiger partial charge in [0.25, 0.3) is 0 Å². The Morgan fingerprint density at radius 3 is 2.86 bits per heavy atom. The molecule has 14 heavy (non-hydrogen) atoms. The molecule has 0 unspecified atom stereocenters. The molecule has 72 valence electrons. The number of pyridine rings is 1. The topological polar surface area (TPSA) is 38.9 Å². The Morgan fingerprint density at radius 1 is 1.36 bits per heavy atom. The van der Waals surface area contributed by atoms with Gasteiger partial charge >= 0.3 is 0 Å². The van der Waals surface area contributed by atoms with Gasteiger partial charge in [-0.05, 0) is 32.9 Å². The quantitative estimate of drug-likeness (QED) is 0.910. The summed E-state index contributed by atoms with van der Waals surface area (Å²) in [4.78, 5) is 4.16. The summed E-state index contributed by atoms with van der Waals surface area (Å²) in [6.07, 6.45) is 3.65. The maximum atomic E-state index is 5.56. The number of hydrogen-bond donors (Lipinski definition) is 1. The molecule has 0 bridgehead atoms. The van der Waals surface area contributed by atoms with Crippen molar-refractivity contribution in [3.05, 3.63) is 39.3 Å². The standard InChI is InChI=1S/C10H9BrN2S/c11-10-6-14-5-9(10)8-1-7(2-12)3-13-4-8/h1,3-6H,2,12H2. The summed E-state index contributed by atoms with van der Waals surface area (Å²) < 4.78 is 1.11. The zero-order chi connectivity index (χ0) is 9.97. The molecule has 0 aliphatic heterocycles. The molecule has 0 aliphatic carbocycles. The fourth-order valence-electron chi connectivity index (χ4n) is 1.23. The van der Waals surface area contributed by atoms with Gasteiger partial charge in [-0.25, -0.2) is 0 Å². The molecule has 2 nitrogen and oxygen atoms in total. The molecule has 2 aromatic heterocycles. The first-order valence-electron chi connectivity index (χ1n) is 4.17. The lowest BCUT2D eigenvalue weighted by Gasteiger charge is -2.01. The third-order valence-corrected chi connectivity index (χ3v) is 3.66. The normalized spacial score (nSPS) is 10.4. The number of nitrogens with two attached hydrogens (primary N) is 1. The Morgan fingerprint density at radius 2 is 2.21 bits per heavy atom. The van der Waals surface area contributed by atoms with Crippen LogP contribution in [0.25, 0.3) is 11.1 Å². The smallest absolute Gasteiger partial charge is 0.0361 e. The van der Waals surface area contributed by atoms with Gasteiger partial charge in [0, 0.05) is 39.9 Å². The third kappa shape index (κ3) is 1.87. The van der Waals surface area contributed by atoms with E-state index in [1.54, 1.807) is 17.5 Å². The van der Waals surface area contributed by atoms with Crippen LogP contribution in [0.3, 0.4) is 0 Å². The van der Waals surface area contributed by atoms with Gasteiger partial charge in [-0.1, -0.05) is 0 Å². The zero-order valence-corrected chi connectivity index (χ0v) is 9.81. The van der Waals surface area contributed by atoms with Crippen molar-refractivity contribution in [2.24, 2.45) is 5.73 Å². The predicted octanol–water partition coefficient (Wildman–Crippen LogP) is 3.03. The van der Waals surface area contributed by atoms with Crippen molar-refractivity contribution in [2.75, 3.05) is 0 Å². The SMILES string of the molecule is NCc1cncc(-c2cscc2Br)c1. The molecular weight excluding hydrogens is 260 g/mol. The number of aromatic nitrogens is 1. The molecule has 2 N–H and O–H groups in total. The molecule has 0 aliphatic rings. The number of nitrogens with zero attached hydrogens (tertiary/aromatic N) is 1. The van der Waals surface area contributed by atoms with E-state index in [4.69, 9.17) is 5.73 Å². The fraction of sp³-hybridized carbons (Fsp3) is 0.100.